The molecule has 218 valence electrons. The Labute approximate surface area is 236 Å². The number of thiol groups is 1. The van der Waals surface area contributed by atoms with E-state index in [0.717, 1.165) is 5.75 Å². The van der Waals surface area contributed by atoms with Crippen LogP contribution in [0.1, 0.15) is 219 Å². The van der Waals surface area contributed by atoms with Crippen molar-refractivity contribution in [2.24, 2.45) is 0 Å². The lowest BCUT2D eigenvalue weighted by Crippen LogP contribution is -1.85. The van der Waals surface area contributed by atoms with Gasteiger partial charge in [0.2, 0.25) is 0 Å². The largest absolute Gasteiger partial charge is 0.179 e. The zero-order valence-electron chi connectivity index (χ0n) is 25.5. The molecule has 0 saturated carbocycles. The smallest absolute Gasteiger partial charge is 0.00979 e. The number of hydrogen-bond acceptors (Lipinski definition) is 1. The van der Waals surface area contributed by atoms with Crippen LogP contribution in [0.15, 0.2) is 0 Å². The van der Waals surface area contributed by atoms with Gasteiger partial charge in [-0.05, 0) is 12.2 Å². The molecule has 0 bridgehead atoms. The maximum absolute atomic E-state index is 4.29. The number of hydrogen-bond donors (Lipinski definition) is 1. The van der Waals surface area contributed by atoms with Crippen molar-refractivity contribution in [3.63, 3.8) is 0 Å². The molecule has 1 heteroatoms. The lowest BCUT2D eigenvalue weighted by molar-refractivity contribution is 0.512. The van der Waals surface area contributed by atoms with E-state index >= 15 is 0 Å². The molecule has 0 saturated heterocycles. The maximum atomic E-state index is 4.29. The predicted molar refractivity (Wildman–Crippen MR) is 172 cm³/mol. The van der Waals surface area contributed by atoms with Crippen molar-refractivity contribution in [3.8, 4) is 0 Å². The normalized spacial score (nSPS) is 11.5. The molecule has 0 aromatic rings. The van der Waals surface area contributed by atoms with Crippen LogP contribution in [0.25, 0.3) is 0 Å². The first-order valence-electron chi connectivity index (χ1n) is 17.5. The lowest BCUT2D eigenvalue weighted by atomic mass is 10.0. The van der Waals surface area contributed by atoms with Crippen LogP contribution < -0.4 is 0 Å². The Morgan fingerprint density at radius 2 is 0.361 bits per heavy atom. The maximum Gasteiger partial charge on any atom is -0.00979 e. The molecule has 36 heavy (non-hydrogen) atoms. The van der Waals surface area contributed by atoms with Gasteiger partial charge in [-0.15, -0.1) is 0 Å². The summed E-state index contributed by atoms with van der Waals surface area (Å²) in [6.45, 7) is 2.31. The summed E-state index contributed by atoms with van der Waals surface area (Å²) >= 11 is 4.29. The molecule has 0 aromatic carbocycles. The Morgan fingerprint density at radius 3 is 0.500 bits per heavy atom. The Bertz CT molecular complexity index is 319. The summed E-state index contributed by atoms with van der Waals surface area (Å²) in [7, 11) is 0. The third-order valence-electron chi connectivity index (χ3n) is 8.26. The van der Waals surface area contributed by atoms with E-state index in [4.69, 9.17) is 0 Å². The summed E-state index contributed by atoms with van der Waals surface area (Å²) in [5, 5.41) is 0. The second-order valence-electron chi connectivity index (χ2n) is 12.0. The fraction of sp³-hybridized carbons (Fsp3) is 1.00. The van der Waals surface area contributed by atoms with Crippen LogP contribution in [0.2, 0.25) is 0 Å². The first kappa shape index (κ1) is 36.4. The van der Waals surface area contributed by atoms with Gasteiger partial charge in [-0.3, -0.25) is 0 Å². The summed E-state index contributed by atoms with van der Waals surface area (Å²) in [5.74, 6) is 1.07. The van der Waals surface area contributed by atoms with Crippen LogP contribution in [0, 0.1) is 0 Å². The fourth-order valence-corrected chi connectivity index (χ4v) is 5.89. The van der Waals surface area contributed by atoms with E-state index in [1.807, 2.05) is 0 Å². The molecule has 0 aliphatic heterocycles. The summed E-state index contributed by atoms with van der Waals surface area (Å²) in [5.41, 5.74) is 0. The van der Waals surface area contributed by atoms with E-state index in [0.29, 0.717) is 0 Å². The quantitative estimate of drug-likeness (QED) is 0.0640. The third-order valence-corrected chi connectivity index (χ3v) is 8.58. The Hall–Kier alpha value is 0.350. The highest BCUT2D eigenvalue weighted by Crippen LogP contribution is 2.16. The molecule has 0 aliphatic rings. The van der Waals surface area contributed by atoms with Gasteiger partial charge in [0, 0.05) is 0 Å². The topological polar surface area (TPSA) is 0 Å². The molecular formula is C35H72S. The Kier molecular flexibility index (Phi) is 35.7. The van der Waals surface area contributed by atoms with Gasteiger partial charge in [0.05, 0.1) is 0 Å². The van der Waals surface area contributed by atoms with Crippen molar-refractivity contribution >= 4 is 12.6 Å². The van der Waals surface area contributed by atoms with Gasteiger partial charge in [0.1, 0.15) is 0 Å². The minimum atomic E-state index is 1.07. The van der Waals surface area contributed by atoms with E-state index in [9.17, 15) is 0 Å². The van der Waals surface area contributed by atoms with Crippen molar-refractivity contribution < 1.29 is 0 Å². The van der Waals surface area contributed by atoms with Gasteiger partial charge in [-0.1, -0.05) is 212 Å². The molecule has 0 aromatic heterocycles. The molecule has 0 fully saturated rings. The molecule has 0 nitrogen and oxygen atoms in total. The van der Waals surface area contributed by atoms with Crippen LogP contribution in [-0.4, -0.2) is 5.75 Å². The van der Waals surface area contributed by atoms with Crippen molar-refractivity contribution in [2.45, 2.75) is 219 Å². The minimum absolute atomic E-state index is 1.07. The second-order valence-corrected chi connectivity index (χ2v) is 12.5. The third kappa shape index (κ3) is 34.4. The molecule has 0 heterocycles. The average molecular weight is 525 g/mol. The summed E-state index contributed by atoms with van der Waals surface area (Å²) in [6.07, 6.45) is 48.6. The van der Waals surface area contributed by atoms with Gasteiger partial charge >= 0.3 is 0 Å². The predicted octanol–water partition coefficient (Wildman–Crippen LogP) is 13.8. The van der Waals surface area contributed by atoms with Gasteiger partial charge < -0.3 is 0 Å². The van der Waals surface area contributed by atoms with Crippen LogP contribution in [0.4, 0.5) is 0 Å². The highest BCUT2D eigenvalue weighted by atomic mass is 32.1. The highest BCUT2D eigenvalue weighted by Gasteiger charge is 1.97. The van der Waals surface area contributed by atoms with E-state index < -0.39 is 0 Å². The van der Waals surface area contributed by atoms with Gasteiger partial charge in [-0.2, -0.15) is 12.6 Å². The van der Waals surface area contributed by atoms with E-state index in [-0.39, 0.29) is 0 Å². The van der Waals surface area contributed by atoms with E-state index in [2.05, 4.69) is 19.6 Å². The second kappa shape index (κ2) is 35.4. The van der Waals surface area contributed by atoms with Crippen LogP contribution >= 0.6 is 12.6 Å². The van der Waals surface area contributed by atoms with Crippen molar-refractivity contribution in [1.82, 2.24) is 0 Å². The summed E-state index contributed by atoms with van der Waals surface area (Å²) < 4.78 is 0. The fourth-order valence-electron chi connectivity index (χ4n) is 5.67. The minimum Gasteiger partial charge on any atom is -0.179 e. The Balaban J connectivity index is 3.00. The van der Waals surface area contributed by atoms with Crippen LogP contribution in [0.5, 0.6) is 0 Å². The monoisotopic (exact) mass is 525 g/mol. The molecule has 0 aliphatic carbocycles. The molecule has 0 atom stereocenters. The SMILES string of the molecule is CCCCCCCCCCCCCCCCCCCCCCCCCCCCCCCCCCCS. The lowest BCUT2D eigenvalue weighted by Gasteiger charge is -2.05. The van der Waals surface area contributed by atoms with Crippen molar-refractivity contribution in [3.05, 3.63) is 0 Å². The first-order chi connectivity index (χ1) is 17.9. The molecule has 0 spiro atoms. The number of rotatable bonds is 33. The van der Waals surface area contributed by atoms with E-state index in [1.54, 1.807) is 0 Å². The van der Waals surface area contributed by atoms with Crippen LogP contribution in [-0.2, 0) is 0 Å². The summed E-state index contributed by atoms with van der Waals surface area (Å²) in [6, 6.07) is 0. The van der Waals surface area contributed by atoms with E-state index in [1.165, 1.54) is 212 Å². The zero-order valence-corrected chi connectivity index (χ0v) is 26.4. The first-order valence-corrected chi connectivity index (χ1v) is 18.2. The molecule has 0 unspecified atom stereocenters. The number of unbranched alkanes of at least 4 members (excludes halogenated alkanes) is 32. The van der Waals surface area contributed by atoms with Crippen molar-refractivity contribution in [2.75, 3.05) is 5.75 Å². The van der Waals surface area contributed by atoms with Gasteiger partial charge in [-0.25, -0.2) is 0 Å². The van der Waals surface area contributed by atoms with Crippen molar-refractivity contribution in [1.29, 1.82) is 0 Å². The average Bonchev–Trinajstić information content (AvgIpc) is 2.89. The molecule has 0 radical (unpaired) electrons. The zero-order chi connectivity index (χ0) is 26.0. The molecular weight excluding hydrogens is 452 g/mol. The molecule has 0 amide bonds. The van der Waals surface area contributed by atoms with Crippen LogP contribution in [0.3, 0.4) is 0 Å². The van der Waals surface area contributed by atoms with Gasteiger partial charge in [0.25, 0.3) is 0 Å². The highest BCUT2D eigenvalue weighted by molar-refractivity contribution is 7.80. The summed E-state index contributed by atoms with van der Waals surface area (Å²) in [4.78, 5) is 0. The Morgan fingerprint density at radius 1 is 0.222 bits per heavy atom. The molecule has 0 N–H and O–H groups in total. The van der Waals surface area contributed by atoms with Gasteiger partial charge in [0.15, 0.2) is 0 Å². The standard InChI is InChI=1S/C35H72S/c1-2-3-4-5-6-7-8-9-10-11-12-13-14-15-16-17-18-19-20-21-22-23-24-25-26-27-28-29-30-31-32-33-34-35-36/h36H,2-35H2,1H3. The molecule has 0 rings (SSSR count).